The second-order valence-corrected chi connectivity index (χ2v) is 6.16. The van der Waals surface area contributed by atoms with Gasteiger partial charge in [0.2, 0.25) is 5.91 Å². The van der Waals surface area contributed by atoms with Crippen LogP contribution in [-0.2, 0) is 11.2 Å². The van der Waals surface area contributed by atoms with Gasteiger partial charge in [-0.1, -0.05) is 18.2 Å². The number of amides is 1. The molecular formula is C19H19F3N2O2. The first-order chi connectivity index (χ1) is 12.4. The maximum absolute atomic E-state index is 12.2. The largest absolute Gasteiger partial charge is 0.573 e. The van der Waals surface area contributed by atoms with Gasteiger partial charge in [0.05, 0.1) is 6.42 Å². The van der Waals surface area contributed by atoms with Gasteiger partial charge in [-0.25, -0.2) is 0 Å². The number of hydrogen-bond donors (Lipinski definition) is 1. The predicted octanol–water partition coefficient (Wildman–Crippen LogP) is 4.37. The van der Waals surface area contributed by atoms with Crippen LogP contribution in [0.15, 0.2) is 48.5 Å². The molecule has 1 aliphatic rings. The van der Waals surface area contributed by atoms with Crippen LogP contribution in [0.2, 0.25) is 0 Å². The molecule has 0 atom stereocenters. The van der Waals surface area contributed by atoms with Gasteiger partial charge in [-0.05, 0) is 48.7 Å². The quantitative estimate of drug-likeness (QED) is 0.857. The molecule has 26 heavy (non-hydrogen) atoms. The van der Waals surface area contributed by atoms with Crippen LogP contribution in [0.25, 0.3) is 0 Å². The van der Waals surface area contributed by atoms with Crippen molar-refractivity contribution >= 4 is 17.3 Å². The summed E-state index contributed by atoms with van der Waals surface area (Å²) in [5.41, 5.74) is 2.39. The molecular weight excluding hydrogens is 345 g/mol. The average Bonchev–Trinajstić information content (AvgIpc) is 3.10. The number of hydrogen-bond acceptors (Lipinski definition) is 3. The Morgan fingerprint density at radius 2 is 1.77 bits per heavy atom. The summed E-state index contributed by atoms with van der Waals surface area (Å²) in [6.07, 6.45) is -2.31. The second kappa shape index (κ2) is 7.68. The normalized spacial score (nSPS) is 14.3. The fourth-order valence-corrected chi connectivity index (χ4v) is 2.96. The van der Waals surface area contributed by atoms with Crippen LogP contribution >= 0.6 is 0 Å². The summed E-state index contributed by atoms with van der Waals surface area (Å²) >= 11 is 0. The van der Waals surface area contributed by atoms with Gasteiger partial charge in [0, 0.05) is 24.5 Å². The van der Waals surface area contributed by atoms with E-state index in [1.54, 1.807) is 0 Å². The van der Waals surface area contributed by atoms with Gasteiger partial charge in [-0.15, -0.1) is 13.2 Å². The van der Waals surface area contributed by atoms with E-state index in [9.17, 15) is 18.0 Å². The van der Waals surface area contributed by atoms with Gasteiger partial charge in [-0.3, -0.25) is 4.79 Å². The molecule has 0 unspecified atom stereocenters. The third-order valence-corrected chi connectivity index (χ3v) is 4.12. The van der Waals surface area contributed by atoms with E-state index in [4.69, 9.17) is 0 Å². The molecule has 3 rings (SSSR count). The molecule has 1 aliphatic heterocycles. The van der Waals surface area contributed by atoms with Crippen molar-refractivity contribution in [2.45, 2.75) is 25.6 Å². The highest BCUT2D eigenvalue weighted by molar-refractivity contribution is 5.92. The van der Waals surface area contributed by atoms with Crippen LogP contribution in [-0.4, -0.2) is 25.4 Å². The lowest BCUT2D eigenvalue weighted by molar-refractivity contribution is -0.274. The van der Waals surface area contributed by atoms with Crippen LogP contribution < -0.4 is 15.0 Å². The van der Waals surface area contributed by atoms with E-state index in [1.165, 1.54) is 37.1 Å². The first-order valence-electron chi connectivity index (χ1n) is 8.39. The zero-order chi connectivity index (χ0) is 18.6. The summed E-state index contributed by atoms with van der Waals surface area (Å²) in [7, 11) is 0. The van der Waals surface area contributed by atoms with Crippen molar-refractivity contribution in [2.75, 3.05) is 23.3 Å². The molecule has 2 aromatic carbocycles. The molecule has 1 amide bonds. The Hall–Kier alpha value is -2.70. The number of anilines is 2. The molecule has 0 aliphatic carbocycles. The number of ether oxygens (including phenoxy) is 1. The van der Waals surface area contributed by atoms with E-state index in [-0.39, 0.29) is 18.1 Å². The molecule has 0 aromatic heterocycles. The lowest BCUT2D eigenvalue weighted by atomic mass is 10.1. The number of carbonyl (C=O) groups excluding carboxylic acids is 1. The van der Waals surface area contributed by atoms with Crippen molar-refractivity contribution in [1.82, 2.24) is 0 Å². The third kappa shape index (κ3) is 5.15. The second-order valence-electron chi connectivity index (χ2n) is 6.16. The average molecular weight is 364 g/mol. The number of halogens is 3. The zero-order valence-electron chi connectivity index (χ0n) is 14.1. The number of nitrogens with zero attached hydrogens (tertiary/aromatic N) is 1. The molecule has 1 saturated heterocycles. The predicted molar refractivity (Wildman–Crippen MR) is 93.3 cm³/mol. The van der Waals surface area contributed by atoms with Crippen molar-refractivity contribution in [2.24, 2.45) is 0 Å². The van der Waals surface area contributed by atoms with E-state index < -0.39 is 6.36 Å². The van der Waals surface area contributed by atoms with E-state index in [0.29, 0.717) is 11.3 Å². The minimum atomic E-state index is -4.72. The smallest absolute Gasteiger partial charge is 0.406 e. The van der Waals surface area contributed by atoms with Crippen molar-refractivity contribution in [1.29, 1.82) is 0 Å². The summed E-state index contributed by atoms with van der Waals surface area (Å²) in [5.74, 6) is -0.534. The number of benzene rings is 2. The summed E-state index contributed by atoms with van der Waals surface area (Å²) < 4.78 is 40.3. The van der Waals surface area contributed by atoms with Crippen molar-refractivity contribution < 1.29 is 22.7 Å². The molecule has 1 N–H and O–H groups in total. The van der Waals surface area contributed by atoms with E-state index >= 15 is 0 Å². The molecule has 2 aromatic rings. The first kappa shape index (κ1) is 18.1. The third-order valence-electron chi connectivity index (χ3n) is 4.12. The fourth-order valence-electron chi connectivity index (χ4n) is 2.96. The van der Waals surface area contributed by atoms with Gasteiger partial charge in [0.25, 0.3) is 0 Å². The molecule has 138 valence electrons. The summed E-state index contributed by atoms with van der Waals surface area (Å²) in [4.78, 5) is 14.5. The maximum atomic E-state index is 12.2. The Morgan fingerprint density at radius 3 is 2.42 bits per heavy atom. The highest BCUT2D eigenvalue weighted by atomic mass is 19.4. The Bertz CT molecular complexity index is 754. The van der Waals surface area contributed by atoms with E-state index in [1.807, 2.05) is 24.3 Å². The Labute approximate surface area is 149 Å². The molecule has 0 spiro atoms. The number of rotatable bonds is 5. The van der Waals surface area contributed by atoms with Crippen LogP contribution in [0.1, 0.15) is 18.4 Å². The van der Waals surface area contributed by atoms with Crippen molar-refractivity contribution in [3.05, 3.63) is 54.1 Å². The fraction of sp³-hybridized carbons (Fsp3) is 0.316. The highest BCUT2D eigenvalue weighted by Gasteiger charge is 2.30. The Morgan fingerprint density at radius 1 is 1.08 bits per heavy atom. The summed E-state index contributed by atoms with van der Waals surface area (Å²) in [5, 5.41) is 2.83. The minimum absolute atomic E-state index is 0.0697. The molecule has 0 radical (unpaired) electrons. The van der Waals surface area contributed by atoms with Gasteiger partial charge < -0.3 is 15.0 Å². The van der Waals surface area contributed by atoms with Crippen molar-refractivity contribution in [3.63, 3.8) is 0 Å². The van der Waals surface area contributed by atoms with Gasteiger partial charge >= 0.3 is 6.36 Å². The molecule has 0 saturated carbocycles. The Balaban J connectivity index is 1.58. The lowest BCUT2D eigenvalue weighted by Gasteiger charge is -2.18. The van der Waals surface area contributed by atoms with Crippen LogP contribution in [0.4, 0.5) is 24.5 Å². The lowest BCUT2D eigenvalue weighted by Crippen LogP contribution is -2.19. The highest BCUT2D eigenvalue weighted by Crippen LogP contribution is 2.24. The number of nitrogens with one attached hydrogen (secondary N) is 1. The molecule has 1 heterocycles. The van der Waals surface area contributed by atoms with Crippen LogP contribution in [0.5, 0.6) is 5.75 Å². The molecule has 0 bridgehead atoms. The molecule has 4 nitrogen and oxygen atoms in total. The Kier molecular flexibility index (Phi) is 5.35. The number of alkyl halides is 3. The van der Waals surface area contributed by atoms with Crippen LogP contribution in [0.3, 0.4) is 0 Å². The topological polar surface area (TPSA) is 41.6 Å². The standard InChI is InChI=1S/C19H19F3N2O2/c20-19(21,22)26-17-8-6-14(7-9-17)12-18(25)23-15-4-3-5-16(13-15)24-10-1-2-11-24/h3-9,13H,1-2,10-12H2,(H,23,25). The number of carbonyl (C=O) groups is 1. The first-order valence-corrected chi connectivity index (χ1v) is 8.39. The minimum Gasteiger partial charge on any atom is -0.406 e. The van der Waals surface area contributed by atoms with E-state index in [0.717, 1.165) is 18.8 Å². The van der Waals surface area contributed by atoms with Crippen molar-refractivity contribution in [3.8, 4) is 5.75 Å². The summed E-state index contributed by atoms with van der Waals surface area (Å²) in [6, 6.07) is 12.9. The monoisotopic (exact) mass is 364 g/mol. The SMILES string of the molecule is O=C(Cc1ccc(OC(F)(F)F)cc1)Nc1cccc(N2CCCC2)c1. The van der Waals surface area contributed by atoms with Gasteiger partial charge in [0.1, 0.15) is 5.75 Å². The van der Waals surface area contributed by atoms with Crippen LogP contribution in [0, 0.1) is 0 Å². The zero-order valence-corrected chi connectivity index (χ0v) is 14.1. The molecule has 1 fully saturated rings. The molecule has 7 heteroatoms. The summed E-state index contributed by atoms with van der Waals surface area (Å²) in [6.45, 7) is 2.04. The van der Waals surface area contributed by atoms with Gasteiger partial charge in [-0.2, -0.15) is 0 Å². The van der Waals surface area contributed by atoms with Gasteiger partial charge in [0.15, 0.2) is 0 Å². The maximum Gasteiger partial charge on any atom is 0.573 e. The van der Waals surface area contributed by atoms with E-state index in [2.05, 4.69) is 15.0 Å².